The molecule has 2 N–H and O–H groups in total. The van der Waals surface area contributed by atoms with Crippen molar-refractivity contribution in [2.45, 2.75) is 52.4 Å². The normalized spacial score (nSPS) is 12.5. The van der Waals surface area contributed by atoms with Crippen molar-refractivity contribution in [3.05, 3.63) is 59.7 Å². The van der Waals surface area contributed by atoms with Crippen molar-refractivity contribution in [1.29, 1.82) is 0 Å². The highest BCUT2D eigenvalue weighted by atomic mass is 16.5. The third-order valence-electron chi connectivity index (χ3n) is 5.61. The highest BCUT2D eigenvalue weighted by molar-refractivity contribution is 5.78. The first-order chi connectivity index (χ1) is 15.5. The van der Waals surface area contributed by atoms with Crippen molar-refractivity contribution in [1.82, 2.24) is 10.6 Å². The van der Waals surface area contributed by atoms with Gasteiger partial charge in [0.25, 0.3) is 11.8 Å². The summed E-state index contributed by atoms with van der Waals surface area (Å²) in [5.74, 6) is 1.75. The molecule has 2 atom stereocenters. The van der Waals surface area contributed by atoms with Crippen molar-refractivity contribution in [3.8, 4) is 11.5 Å². The number of nitrogens with one attached hydrogen (secondary N) is 2. The summed E-state index contributed by atoms with van der Waals surface area (Å²) in [5.41, 5.74) is 2.20. The van der Waals surface area contributed by atoms with Crippen LogP contribution in [0.2, 0.25) is 0 Å². The lowest BCUT2D eigenvalue weighted by molar-refractivity contribution is -0.124. The molecule has 0 saturated carbocycles. The van der Waals surface area contributed by atoms with E-state index in [2.05, 4.69) is 38.3 Å². The van der Waals surface area contributed by atoms with Crippen molar-refractivity contribution >= 4 is 11.8 Å². The molecule has 0 aliphatic heterocycles. The van der Waals surface area contributed by atoms with E-state index in [1.807, 2.05) is 48.5 Å². The van der Waals surface area contributed by atoms with E-state index in [9.17, 15) is 9.59 Å². The summed E-state index contributed by atoms with van der Waals surface area (Å²) in [6.07, 6.45) is 2.00. The smallest absolute Gasteiger partial charge is 0.258 e. The average molecular weight is 441 g/mol. The highest BCUT2D eigenvalue weighted by Crippen LogP contribution is 2.29. The number of ether oxygens (including phenoxy) is 2. The first kappa shape index (κ1) is 25.2. The van der Waals surface area contributed by atoms with Gasteiger partial charge in [-0.15, -0.1) is 0 Å². The molecule has 0 radical (unpaired) electrons. The zero-order valence-corrected chi connectivity index (χ0v) is 19.6. The molecule has 0 bridgehead atoms. The van der Waals surface area contributed by atoms with Crippen LogP contribution in [0.4, 0.5) is 0 Å². The SMILES string of the molecule is CCC(C)c1ccccc1OCC(=O)NCCNC(=O)COc1ccccc1C(C)CC. The Hall–Kier alpha value is -3.02. The molecule has 0 fully saturated rings. The predicted molar refractivity (Wildman–Crippen MR) is 127 cm³/mol. The Labute approximate surface area is 191 Å². The Bertz CT molecular complexity index is 797. The predicted octanol–water partition coefficient (Wildman–Crippen LogP) is 4.40. The number of rotatable bonds is 13. The van der Waals surface area contributed by atoms with E-state index in [-0.39, 0.29) is 25.0 Å². The number of para-hydroxylation sites is 2. The molecule has 0 aliphatic carbocycles. The molecule has 0 saturated heterocycles. The van der Waals surface area contributed by atoms with Gasteiger partial charge < -0.3 is 20.1 Å². The third kappa shape index (κ3) is 7.91. The monoisotopic (exact) mass is 440 g/mol. The van der Waals surface area contributed by atoms with Gasteiger partial charge in [-0.05, 0) is 47.9 Å². The van der Waals surface area contributed by atoms with Crippen molar-refractivity contribution in [2.24, 2.45) is 0 Å². The van der Waals surface area contributed by atoms with Gasteiger partial charge in [0.1, 0.15) is 11.5 Å². The van der Waals surface area contributed by atoms with Crippen LogP contribution in [0.1, 0.15) is 63.5 Å². The summed E-state index contributed by atoms with van der Waals surface area (Å²) in [5, 5.41) is 5.51. The number of carbonyl (C=O) groups excluding carboxylic acids is 2. The van der Waals surface area contributed by atoms with Gasteiger partial charge in [0.15, 0.2) is 13.2 Å². The van der Waals surface area contributed by atoms with Gasteiger partial charge in [0, 0.05) is 13.1 Å². The summed E-state index contributed by atoms with van der Waals surface area (Å²) >= 11 is 0. The minimum atomic E-state index is -0.225. The Morgan fingerprint density at radius 2 is 1.09 bits per heavy atom. The van der Waals surface area contributed by atoms with E-state index in [0.717, 1.165) is 35.5 Å². The van der Waals surface area contributed by atoms with Gasteiger partial charge in [0.2, 0.25) is 0 Å². The number of amides is 2. The van der Waals surface area contributed by atoms with Crippen molar-refractivity contribution in [2.75, 3.05) is 26.3 Å². The van der Waals surface area contributed by atoms with Gasteiger partial charge in [0.05, 0.1) is 0 Å². The van der Waals surface area contributed by atoms with Crippen LogP contribution < -0.4 is 20.1 Å². The average Bonchev–Trinajstić information content (AvgIpc) is 2.83. The Morgan fingerprint density at radius 1 is 0.719 bits per heavy atom. The molecule has 0 heterocycles. The number of benzene rings is 2. The topological polar surface area (TPSA) is 76.7 Å². The third-order valence-corrected chi connectivity index (χ3v) is 5.61. The summed E-state index contributed by atoms with van der Waals surface area (Å²) in [6.45, 7) is 9.05. The fourth-order valence-electron chi connectivity index (χ4n) is 3.27. The molecule has 32 heavy (non-hydrogen) atoms. The Kier molecular flexibility index (Phi) is 10.6. The van der Waals surface area contributed by atoms with Crippen molar-refractivity contribution < 1.29 is 19.1 Å². The maximum absolute atomic E-state index is 12.1. The van der Waals surface area contributed by atoms with E-state index in [1.165, 1.54) is 0 Å². The molecule has 2 amide bonds. The van der Waals surface area contributed by atoms with E-state index in [0.29, 0.717) is 24.9 Å². The lowest BCUT2D eigenvalue weighted by Crippen LogP contribution is -2.38. The molecular formula is C26H36N2O4. The molecule has 6 nitrogen and oxygen atoms in total. The van der Waals surface area contributed by atoms with E-state index >= 15 is 0 Å². The van der Waals surface area contributed by atoms with Crippen LogP contribution in [0.5, 0.6) is 11.5 Å². The van der Waals surface area contributed by atoms with Crippen LogP contribution in [0.15, 0.2) is 48.5 Å². The molecular weight excluding hydrogens is 404 g/mol. The van der Waals surface area contributed by atoms with Gasteiger partial charge in [-0.25, -0.2) is 0 Å². The summed E-state index contributed by atoms with van der Waals surface area (Å²) < 4.78 is 11.4. The summed E-state index contributed by atoms with van der Waals surface area (Å²) in [4.78, 5) is 24.2. The lowest BCUT2D eigenvalue weighted by atomic mass is 9.98. The summed E-state index contributed by atoms with van der Waals surface area (Å²) in [6, 6.07) is 15.6. The van der Waals surface area contributed by atoms with Crippen LogP contribution >= 0.6 is 0 Å². The maximum atomic E-state index is 12.1. The van der Waals surface area contributed by atoms with Crippen LogP contribution in [0, 0.1) is 0 Å². The van der Waals surface area contributed by atoms with E-state index < -0.39 is 0 Å². The van der Waals surface area contributed by atoms with Gasteiger partial charge >= 0.3 is 0 Å². The second-order valence-corrected chi connectivity index (χ2v) is 7.97. The molecule has 2 aromatic carbocycles. The maximum Gasteiger partial charge on any atom is 0.258 e. The standard InChI is InChI=1S/C26H36N2O4/c1-5-19(3)21-11-7-9-13-23(21)31-17-25(29)27-15-16-28-26(30)18-32-24-14-10-8-12-22(24)20(4)6-2/h7-14,19-20H,5-6,15-18H2,1-4H3,(H,27,29)(H,28,30). The highest BCUT2D eigenvalue weighted by Gasteiger charge is 2.12. The molecule has 0 spiro atoms. The van der Waals surface area contributed by atoms with Crippen molar-refractivity contribution in [3.63, 3.8) is 0 Å². The first-order valence-corrected chi connectivity index (χ1v) is 11.4. The van der Waals surface area contributed by atoms with Crippen LogP contribution in [0.25, 0.3) is 0 Å². The second kappa shape index (κ2) is 13.4. The van der Waals surface area contributed by atoms with Gasteiger partial charge in [-0.1, -0.05) is 64.1 Å². The van der Waals surface area contributed by atoms with Crippen LogP contribution in [-0.2, 0) is 9.59 Å². The van der Waals surface area contributed by atoms with Gasteiger partial charge in [-0.2, -0.15) is 0 Å². The largest absolute Gasteiger partial charge is 0.483 e. The molecule has 0 aliphatic rings. The zero-order chi connectivity index (χ0) is 23.3. The Balaban J connectivity index is 1.68. The van der Waals surface area contributed by atoms with E-state index in [1.54, 1.807) is 0 Å². The minimum absolute atomic E-state index is 0.0586. The molecule has 6 heteroatoms. The number of hydrogen-bond acceptors (Lipinski definition) is 4. The second-order valence-electron chi connectivity index (χ2n) is 7.97. The molecule has 174 valence electrons. The number of carbonyl (C=O) groups is 2. The number of hydrogen-bond donors (Lipinski definition) is 2. The minimum Gasteiger partial charge on any atom is -0.483 e. The van der Waals surface area contributed by atoms with Crippen LogP contribution in [0.3, 0.4) is 0 Å². The Morgan fingerprint density at radius 3 is 1.47 bits per heavy atom. The summed E-state index contributed by atoms with van der Waals surface area (Å²) in [7, 11) is 0. The quantitative estimate of drug-likeness (QED) is 0.453. The van der Waals surface area contributed by atoms with E-state index in [4.69, 9.17) is 9.47 Å². The molecule has 2 unspecified atom stereocenters. The van der Waals surface area contributed by atoms with Gasteiger partial charge in [-0.3, -0.25) is 9.59 Å². The molecule has 2 aromatic rings. The fraction of sp³-hybridized carbons (Fsp3) is 0.462. The fourth-order valence-corrected chi connectivity index (χ4v) is 3.27. The first-order valence-electron chi connectivity index (χ1n) is 11.4. The lowest BCUT2D eigenvalue weighted by Gasteiger charge is -2.16. The van der Waals surface area contributed by atoms with Crippen LogP contribution in [-0.4, -0.2) is 38.1 Å². The molecule has 2 rings (SSSR count). The molecule has 0 aromatic heterocycles. The zero-order valence-electron chi connectivity index (χ0n) is 19.6.